The third-order valence-electron chi connectivity index (χ3n) is 3.61. The van der Waals surface area contributed by atoms with Gasteiger partial charge in [0.05, 0.1) is 11.8 Å². The van der Waals surface area contributed by atoms with Gasteiger partial charge in [-0.3, -0.25) is 10.1 Å². The number of carboxylic acids is 1. The van der Waals surface area contributed by atoms with Crippen LogP contribution in [0, 0.1) is 11.8 Å². The Morgan fingerprint density at radius 3 is 2.70 bits per heavy atom. The molecule has 1 fully saturated rings. The molecule has 0 aromatic carbocycles. The standard InChI is InChI=1S/C13H16F3N3O3S/c1-2-3-7-4-17-11(23-7)18-12(22)19-5-8(10(20)21)9(6-19)13(14,15)16/h4,8-9H,2-3,5-6H2,1H3,(H,20,21)(H,17,18,22)/t8-,9-/m1/s1. The van der Waals surface area contributed by atoms with E-state index in [0.717, 1.165) is 22.6 Å². The van der Waals surface area contributed by atoms with Gasteiger partial charge in [0.2, 0.25) is 0 Å². The fraction of sp³-hybridized carbons (Fsp3) is 0.615. The molecule has 1 aliphatic heterocycles. The van der Waals surface area contributed by atoms with Crippen LogP contribution in [0.25, 0.3) is 0 Å². The molecule has 1 aromatic rings. The Morgan fingerprint density at radius 1 is 1.48 bits per heavy atom. The van der Waals surface area contributed by atoms with Crippen molar-refractivity contribution in [2.24, 2.45) is 11.8 Å². The second-order valence-electron chi connectivity index (χ2n) is 5.31. The minimum atomic E-state index is -4.66. The summed E-state index contributed by atoms with van der Waals surface area (Å²) in [6.07, 6.45) is -1.34. The maximum absolute atomic E-state index is 12.9. The lowest BCUT2D eigenvalue weighted by molar-refractivity contribution is -0.187. The largest absolute Gasteiger partial charge is 0.481 e. The average Bonchev–Trinajstić information content (AvgIpc) is 3.05. The smallest absolute Gasteiger partial charge is 0.394 e. The Labute approximate surface area is 134 Å². The highest BCUT2D eigenvalue weighted by Gasteiger charge is 2.53. The highest BCUT2D eigenvalue weighted by atomic mass is 32.1. The molecule has 6 nitrogen and oxygen atoms in total. The summed E-state index contributed by atoms with van der Waals surface area (Å²) < 4.78 is 38.7. The Bertz CT molecular complexity index is 591. The van der Waals surface area contributed by atoms with Gasteiger partial charge in [-0.1, -0.05) is 13.3 Å². The number of carbonyl (C=O) groups excluding carboxylic acids is 1. The first-order chi connectivity index (χ1) is 10.7. The number of carboxylic acid groups (broad SMARTS) is 1. The number of hydrogen-bond donors (Lipinski definition) is 2. The molecule has 10 heteroatoms. The number of urea groups is 1. The van der Waals surface area contributed by atoms with E-state index in [-0.39, 0.29) is 0 Å². The Morgan fingerprint density at radius 2 is 2.17 bits per heavy atom. The van der Waals surface area contributed by atoms with E-state index in [1.807, 2.05) is 6.92 Å². The lowest BCUT2D eigenvalue weighted by atomic mass is 9.96. The number of alkyl halides is 3. The van der Waals surface area contributed by atoms with Gasteiger partial charge in [-0.25, -0.2) is 9.78 Å². The van der Waals surface area contributed by atoms with Crippen molar-refractivity contribution in [3.8, 4) is 0 Å². The second kappa shape index (κ2) is 6.73. The molecule has 0 radical (unpaired) electrons. The van der Waals surface area contributed by atoms with E-state index in [9.17, 15) is 22.8 Å². The van der Waals surface area contributed by atoms with Crippen molar-refractivity contribution in [2.75, 3.05) is 18.4 Å². The summed E-state index contributed by atoms with van der Waals surface area (Å²) in [5.74, 6) is -5.26. The Kier molecular flexibility index (Phi) is 5.12. The predicted molar refractivity (Wildman–Crippen MR) is 77.4 cm³/mol. The maximum atomic E-state index is 12.9. The molecular formula is C13H16F3N3O3S. The summed E-state index contributed by atoms with van der Waals surface area (Å²) in [6.45, 7) is 0.851. The van der Waals surface area contributed by atoms with Gasteiger partial charge in [0, 0.05) is 24.2 Å². The van der Waals surface area contributed by atoms with Gasteiger partial charge < -0.3 is 10.0 Å². The van der Waals surface area contributed by atoms with Crippen LogP contribution >= 0.6 is 11.3 Å². The van der Waals surface area contributed by atoms with Gasteiger partial charge in [-0.15, -0.1) is 11.3 Å². The summed E-state index contributed by atoms with van der Waals surface area (Å²) in [4.78, 5) is 28.9. The Hall–Kier alpha value is -1.84. The van der Waals surface area contributed by atoms with Crippen molar-refractivity contribution in [2.45, 2.75) is 25.9 Å². The fourth-order valence-corrected chi connectivity index (χ4v) is 3.35. The minimum Gasteiger partial charge on any atom is -0.481 e. The van der Waals surface area contributed by atoms with E-state index in [0.29, 0.717) is 5.13 Å². The number of rotatable bonds is 4. The third kappa shape index (κ3) is 4.12. The van der Waals surface area contributed by atoms with Crippen LogP contribution in [-0.2, 0) is 11.2 Å². The summed E-state index contributed by atoms with van der Waals surface area (Å²) in [7, 11) is 0. The van der Waals surface area contributed by atoms with Crippen molar-refractivity contribution < 1.29 is 27.9 Å². The molecule has 0 unspecified atom stereocenters. The highest BCUT2D eigenvalue weighted by molar-refractivity contribution is 7.15. The van der Waals surface area contributed by atoms with Crippen LogP contribution in [0.3, 0.4) is 0 Å². The number of nitrogens with one attached hydrogen (secondary N) is 1. The van der Waals surface area contributed by atoms with Crippen molar-refractivity contribution >= 4 is 28.5 Å². The summed E-state index contributed by atoms with van der Waals surface area (Å²) in [5, 5.41) is 11.7. The number of halogens is 3. The molecule has 0 bridgehead atoms. The normalized spacial score (nSPS) is 21.5. The Balaban J connectivity index is 2.03. The molecule has 2 heterocycles. The van der Waals surface area contributed by atoms with E-state index in [1.165, 1.54) is 11.3 Å². The van der Waals surface area contributed by atoms with Gasteiger partial charge in [-0.2, -0.15) is 13.2 Å². The fourth-order valence-electron chi connectivity index (χ4n) is 2.45. The van der Waals surface area contributed by atoms with E-state index < -0.39 is 43.1 Å². The number of aromatic nitrogens is 1. The van der Waals surface area contributed by atoms with Crippen LogP contribution in [0.1, 0.15) is 18.2 Å². The quantitative estimate of drug-likeness (QED) is 0.874. The summed E-state index contributed by atoms with van der Waals surface area (Å²) >= 11 is 1.25. The van der Waals surface area contributed by atoms with Crippen LogP contribution in [0.5, 0.6) is 0 Å². The SMILES string of the molecule is CCCc1cnc(NC(=O)N2C[C@@H](C(F)(F)F)[C@H](C(=O)O)C2)s1. The molecule has 0 saturated carbocycles. The molecular weight excluding hydrogens is 335 g/mol. The van der Waals surface area contributed by atoms with Crippen LogP contribution in [0.2, 0.25) is 0 Å². The lowest BCUT2D eigenvalue weighted by Gasteiger charge is -2.18. The number of aliphatic carboxylic acids is 1. The van der Waals surface area contributed by atoms with Crippen LogP contribution in [0.15, 0.2) is 6.20 Å². The van der Waals surface area contributed by atoms with E-state index >= 15 is 0 Å². The molecule has 0 spiro atoms. The minimum absolute atomic E-state index is 0.292. The van der Waals surface area contributed by atoms with E-state index in [1.54, 1.807) is 6.20 Å². The molecule has 1 saturated heterocycles. The summed E-state index contributed by atoms with van der Waals surface area (Å²) in [5.41, 5.74) is 0. The average molecular weight is 351 g/mol. The van der Waals surface area contributed by atoms with Gasteiger partial charge in [0.25, 0.3) is 0 Å². The van der Waals surface area contributed by atoms with Crippen LogP contribution < -0.4 is 5.32 Å². The predicted octanol–water partition coefficient (Wildman–Crippen LogP) is 2.82. The number of aryl methyl sites for hydroxylation is 1. The van der Waals surface area contributed by atoms with Crippen molar-refractivity contribution in [1.82, 2.24) is 9.88 Å². The molecule has 2 rings (SSSR count). The number of anilines is 1. The van der Waals surface area contributed by atoms with Gasteiger partial charge in [-0.05, 0) is 6.42 Å². The topological polar surface area (TPSA) is 82.5 Å². The molecule has 1 aromatic heterocycles. The number of carbonyl (C=O) groups is 2. The third-order valence-corrected chi connectivity index (χ3v) is 4.58. The van der Waals surface area contributed by atoms with Crippen LogP contribution in [-0.4, -0.2) is 46.3 Å². The molecule has 2 N–H and O–H groups in total. The van der Waals surface area contributed by atoms with Crippen molar-refractivity contribution in [3.05, 3.63) is 11.1 Å². The zero-order chi connectivity index (χ0) is 17.2. The number of nitrogens with zero attached hydrogens (tertiary/aromatic N) is 2. The molecule has 23 heavy (non-hydrogen) atoms. The number of likely N-dealkylation sites (tertiary alicyclic amines) is 1. The second-order valence-corrected chi connectivity index (χ2v) is 6.42. The number of thiazole rings is 1. The molecule has 1 aliphatic rings. The van der Waals surface area contributed by atoms with Gasteiger partial charge in [0.15, 0.2) is 5.13 Å². The zero-order valence-corrected chi connectivity index (χ0v) is 13.1. The zero-order valence-electron chi connectivity index (χ0n) is 12.3. The van der Waals surface area contributed by atoms with Crippen molar-refractivity contribution in [1.29, 1.82) is 0 Å². The first-order valence-corrected chi connectivity index (χ1v) is 7.84. The van der Waals surface area contributed by atoms with Crippen LogP contribution in [0.4, 0.5) is 23.1 Å². The van der Waals surface area contributed by atoms with Crippen molar-refractivity contribution in [3.63, 3.8) is 0 Å². The lowest BCUT2D eigenvalue weighted by Crippen LogP contribution is -2.35. The maximum Gasteiger partial charge on any atom is 0.394 e. The first-order valence-electron chi connectivity index (χ1n) is 7.02. The molecule has 0 aliphatic carbocycles. The number of hydrogen-bond acceptors (Lipinski definition) is 4. The molecule has 2 amide bonds. The molecule has 2 atom stereocenters. The van der Waals surface area contributed by atoms with E-state index in [4.69, 9.17) is 5.11 Å². The van der Waals surface area contributed by atoms with Gasteiger partial charge in [0.1, 0.15) is 0 Å². The van der Waals surface area contributed by atoms with E-state index in [2.05, 4.69) is 10.3 Å². The number of amides is 2. The van der Waals surface area contributed by atoms with Gasteiger partial charge >= 0.3 is 18.2 Å². The molecule has 128 valence electrons. The monoisotopic (exact) mass is 351 g/mol. The highest BCUT2D eigenvalue weighted by Crippen LogP contribution is 2.38. The summed E-state index contributed by atoms with van der Waals surface area (Å²) in [6, 6.07) is -0.764. The first kappa shape index (κ1) is 17.5.